The van der Waals surface area contributed by atoms with E-state index >= 15 is 0 Å². The van der Waals surface area contributed by atoms with Crippen LogP contribution < -0.4 is 0 Å². The van der Waals surface area contributed by atoms with Gasteiger partial charge in [-0.1, -0.05) is 0 Å². The molecule has 18 heavy (non-hydrogen) atoms. The Kier molecular flexibility index (Phi) is 9.07. The quantitative estimate of drug-likeness (QED) is 0.348. The zero-order valence-corrected chi connectivity index (χ0v) is 15.0. The Morgan fingerprint density at radius 1 is 0.833 bits per heavy atom. The van der Waals surface area contributed by atoms with Crippen LogP contribution in [0.3, 0.4) is 0 Å². The molecule has 110 valence electrons. The molecule has 0 amide bonds. The van der Waals surface area contributed by atoms with Gasteiger partial charge in [-0.2, -0.15) is 0 Å². The van der Waals surface area contributed by atoms with Gasteiger partial charge in [0.15, 0.2) is 0 Å². The molecule has 0 spiro atoms. The fraction of sp³-hybridized carbons (Fsp3) is 1.00. The molecule has 0 saturated heterocycles. The van der Waals surface area contributed by atoms with Crippen LogP contribution in [0.5, 0.6) is 0 Å². The summed E-state index contributed by atoms with van der Waals surface area (Å²) in [6.45, 7) is 12.7. The highest BCUT2D eigenvalue weighted by atomic mass is 28.2. The lowest BCUT2D eigenvalue weighted by molar-refractivity contribution is -0.412. The van der Waals surface area contributed by atoms with E-state index in [1.54, 1.807) is 0 Å². The van der Waals surface area contributed by atoms with Gasteiger partial charge >= 0.3 is 0 Å². The Morgan fingerprint density at radius 3 is 1.50 bits per heavy atom. The molecule has 0 heterocycles. The minimum Gasteiger partial charge on any atom is -0.428 e. The van der Waals surface area contributed by atoms with Crippen molar-refractivity contribution >= 4 is 10.5 Å². The van der Waals surface area contributed by atoms with Crippen LogP contribution in [0.15, 0.2) is 0 Å². The molecule has 4 nitrogen and oxygen atoms in total. The lowest BCUT2D eigenvalue weighted by Crippen LogP contribution is -2.45. The molecule has 0 bridgehead atoms. The summed E-state index contributed by atoms with van der Waals surface area (Å²) >= 11 is 0. The smallest absolute Gasteiger partial charge is 0.283 e. The summed E-state index contributed by atoms with van der Waals surface area (Å²) in [5.41, 5.74) is 0. The number of rotatable bonds is 10. The predicted molar refractivity (Wildman–Crippen MR) is 76.5 cm³/mol. The molecule has 0 aliphatic heterocycles. The van der Waals surface area contributed by atoms with Crippen molar-refractivity contribution in [2.24, 2.45) is 0 Å². The van der Waals surface area contributed by atoms with Crippen molar-refractivity contribution in [3.05, 3.63) is 0 Å². The summed E-state index contributed by atoms with van der Waals surface area (Å²) in [5.74, 6) is -0.948. The topological polar surface area (TPSA) is 36.9 Å². The lowest BCUT2D eigenvalue weighted by Gasteiger charge is -2.37. The van der Waals surface area contributed by atoms with Gasteiger partial charge in [0.2, 0.25) is 0 Å². The fourth-order valence-electron chi connectivity index (χ4n) is 1.77. The Hall–Kier alpha value is 0.0569. The Bertz CT molecular complexity index is 181. The first kappa shape index (κ1) is 18.1. The van der Waals surface area contributed by atoms with Crippen molar-refractivity contribution in [1.82, 2.24) is 0 Å². The first-order valence-corrected chi connectivity index (χ1v) is 7.65. The Balaban J connectivity index is 4.74. The molecule has 0 unspecified atom stereocenters. The molecule has 0 aliphatic carbocycles. The average Bonchev–Trinajstić information content (AvgIpc) is 2.13. The van der Waals surface area contributed by atoms with Crippen molar-refractivity contribution in [2.75, 3.05) is 6.61 Å². The van der Waals surface area contributed by atoms with E-state index in [2.05, 4.69) is 0 Å². The summed E-state index contributed by atoms with van der Waals surface area (Å²) in [6.07, 6.45) is 1.72. The van der Waals surface area contributed by atoms with E-state index in [0.717, 1.165) is 23.5 Å². The maximum absolute atomic E-state index is 5.92. The van der Waals surface area contributed by atoms with Gasteiger partial charge in [0.05, 0.1) is 18.3 Å². The third-order valence-electron chi connectivity index (χ3n) is 2.08. The van der Waals surface area contributed by atoms with Gasteiger partial charge in [0.25, 0.3) is 5.97 Å². The van der Waals surface area contributed by atoms with E-state index < -0.39 is 5.97 Å². The van der Waals surface area contributed by atoms with Crippen LogP contribution in [0, 0.1) is 0 Å². The zero-order valence-electron chi connectivity index (χ0n) is 13.0. The maximum Gasteiger partial charge on any atom is 0.283 e. The van der Waals surface area contributed by atoms with Crippen molar-refractivity contribution in [3.8, 4) is 0 Å². The third kappa shape index (κ3) is 8.21. The summed E-state index contributed by atoms with van der Waals surface area (Å²) < 4.78 is 23.0. The molecule has 0 saturated carbocycles. The van der Waals surface area contributed by atoms with Crippen LogP contribution in [-0.2, 0) is 18.6 Å². The first-order chi connectivity index (χ1) is 8.31. The highest BCUT2D eigenvalue weighted by molar-refractivity contribution is 5.97. The van der Waals surface area contributed by atoms with Gasteiger partial charge in [0.1, 0.15) is 10.5 Å². The summed E-state index contributed by atoms with van der Waals surface area (Å²) in [6, 6.07) is 0. The van der Waals surface area contributed by atoms with Crippen LogP contribution in [0.4, 0.5) is 0 Å². The van der Waals surface area contributed by atoms with E-state index in [1.165, 1.54) is 0 Å². The molecule has 0 N–H and O–H groups in total. The minimum absolute atomic E-state index is 0.0550. The van der Waals surface area contributed by atoms with E-state index in [0.29, 0.717) is 6.42 Å². The second kappa shape index (κ2) is 9.04. The van der Waals surface area contributed by atoms with E-state index in [9.17, 15) is 0 Å². The second-order valence-electron chi connectivity index (χ2n) is 5.28. The SMILES string of the molecule is CC(C)OC(CCCO[SiH3])(OC(C)C)OC(C)C. The summed E-state index contributed by atoms with van der Waals surface area (Å²) in [7, 11) is 0.762. The number of ether oxygens (including phenoxy) is 3. The van der Waals surface area contributed by atoms with Crippen LogP contribution in [0.25, 0.3) is 0 Å². The summed E-state index contributed by atoms with van der Waals surface area (Å²) in [5, 5.41) is 0. The van der Waals surface area contributed by atoms with Gasteiger partial charge in [-0.15, -0.1) is 0 Å². The second-order valence-corrected chi connectivity index (χ2v) is 5.86. The monoisotopic (exact) mass is 278 g/mol. The van der Waals surface area contributed by atoms with E-state index in [4.69, 9.17) is 18.6 Å². The predicted octanol–water partition coefficient (Wildman–Crippen LogP) is 1.99. The van der Waals surface area contributed by atoms with E-state index in [-0.39, 0.29) is 18.3 Å². The summed E-state index contributed by atoms with van der Waals surface area (Å²) in [4.78, 5) is 0. The highest BCUT2D eigenvalue weighted by Crippen LogP contribution is 2.27. The van der Waals surface area contributed by atoms with Gasteiger partial charge in [0, 0.05) is 13.0 Å². The molecular formula is C13H30O4Si. The molecule has 0 aliphatic rings. The van der Waals surface area contributed by atoms with E-state index in [1.807, 2.05) is 41.5 Å². The van der Waals surface area contributed by atoms with Gasteiger partial charge in [-0.05, 0) is 48.0 Å². The maximum atomic E-state index is 5.92. The van der Waals surface area contributed by atoms with Crippen LogP contribution in [0.1, 0.15) is 54.4 Å². The normalized spacial score (nSPS) is 13.2. The van der Waals surface area contributed by atoms with Crippen LogP contribution >= 0.6 is 0 Å². The third-order valence-corrected chi connectivity index (χ3v) is 2.49. The van der Waals surface area contributed by atoms with Crippen LogP contribution in [0.2, 0.25) is 0 Å². The Labute approximate surface area is 115 Å². The Morgan fingerprint density at radius 2 is 1.22 bits per heavy atom. The molecule has 0 fully saturated rings. The molecule has 0 aromatic carbocycles. The van der Waals surface area contributed by atoms with Crippen molar-refractivity contribution in [1.29, 1.82) is 0 Å². The fourth-order valence-corrected chi connectivity index (χ4v) is 2.06. The van der Waals surface area contributed by atoms with Crippen molar-refractivity contribution in [3.63, 3.8) is 0 Å². The first-order valence-electron chi connectivity index (χ1n) is 6.83. The van der Waals surface area contributed by atoms with Gasteiger partial charge in [-0.25, -0.2) is 0 Å². The standard InChI is InChI=1S/C13H30O4Si/c1-10(2)15-13(16-11(3)4,17-12(5)6)8-7-9-14-18/h10-12H,7-9H2,1-6,18H3. The number of hydrogen-bond donors (Lipinski definition) is 0. The molecule has 0 aromatic heterocycles. The molecule has 0 aromatic rings. The van der Waals surface area contributed by atoms with Gasteiger partial charge in [-0.3, -0.25) is 0 Å². The molecular weight excluding hydrogens is 248 g/mol. The highest BCUT2D eigenvalue weighted by Gasteiger charge is 2.36. The molecule has 0 atom stereocenters. The zero-order chi connectivity index (χ0) is 14.2. The van der Waals surface area contributed by atoms with Crippen LogP contribution in [-0.4, -0.2) is 41.4 Å². The van der Waals surface area contributed by atoms with Gasteiger partial charge < -0.3 is 18.6 Å². The average molecular weight is 278 g/mol. The molecule has 5 heteroatoms. The lowest BCUT2D eigenvalue weighted by atomic mass is 10.2. The van der Waals surface area contributed by atoms with Crippen molar-refractivity contribution in [2.45, 2.75) is 78.7 Å². The minimum atomic E-state index is -0.948. The van der Waals surface area contributed by atoms with Crippen molar-refractivity contribution < 1.29 is 18.6 Å². The molecule has 0 radical (unpaired) electrons. The number of hydrogen-bond acceptors (Lipinski definition) is 4. The molecule has 0 rings (SSSR count). The largest absolute Gasteiger partial charge is 0.428 e.